The summed E-state index contributed by atoms with van der Waals surface area (Å²) in [5, 5.41) is 58.4. The fourth-order valence-corrected chi connectivity index (χ4v) is 2.45. The van der Waals surface area contributed by atoms with E-state index in [1.807, 2.05) is 0 Å². The van der Waals surface area contributed by atoms with Crippen LogP contribution in [0.2, 0.25) is 0 Å². The summed E-state index contributed by atoms with van der Waals surface area (Å²) in [4.78, 5) is 0. The van der Waals surface area contributed by atoms with E-state index in [0.717, 1.165) is 0 Å². The highest BCUT2D eigenvalue weighted by atomic mass is 16.7. The molecule has 0 aromatic rings. The monoisotopic (exact) mass is 310 g/mol. The van der Waals surface area contributed by atoms with Crippen molar-refractivity contribution < 1.29 is 44.8 Å². The Morgan fingerprint density at radius 2 is 1.24 bits per heavy atom. The van der Waals surface area contributed by atoms with E-state index >= 15 is 0 Å². The second-order valence-electron chi connectivity index (χ2n) is 5.50. The van der Waals surface area contributed by atoms with Crippen molar-refractivity contribution in [2.75, 3.05) is 0 Å². The number of hydrogen-bond donors (Lipinski definition) is 6. The van der Waals surface area contributed by atoms with Crippen molar-refractivity contribution in [1.82, 2.24) is 0 Å². The van der Waals surface area contributed by atoms with Crippen LogP contribution in [0.4, 0.5) is 0 Å². The number of aliphatic hydroxyl groups is 6. The number of rotatable bonds is 2. The van der Waals surface area contributed by atoms with Crippen molar-refractivity contribution in [2.45, 2.75) is 75.3 Å². The zero-order valence-electron chi connectivity index (χ0n) is 11.7. The molecule has 0 radical (unpaired) electrons. The molecule has 10 atom stereocenters. The van der Waals surface area contributed by atoms with Gasteiger partial charge in [0.1, 0.15) is 36.6 Å². The maximum Gasteiger partial charge on any atom is 0.187 e. The summed E-state index contributed by atoms with van der Waals surface area (Å²) in [5.41, 5.74) is 0. The molecular formula is C12H22O9. The predicted octanol–water partition coefficient (Wildman–Crippen LogP) is -3.34. The SMILES string of the molecule is C[C@@H]1O[C@@H](O)[C@H](O)[C@H](O[C@@H]2O[C@H](C)[C@H](O)[C@H](O)[C@H]2O)[C@H]1O. The Kier molecular flexibility index (Phi) is 5.19. The molecule has 6 N–H and O–H groups in total. The molecule has 2 aliphatic rings. The van der Waals surface area contributed by atoms with Gasteiger partial charge in [-0.3, -0.25) is 0 Å². The number of hydrogen-bond acceptors (Lipinski definition) is 9. The first kappa shape index (κ1) is 17.0. The quantitative estimate of drug-likeness (QED) is 0.308. The molecule has 2 saturated heterocycles. The summed E-state index contributed by atoms with van der Waals surface area (Å²) in [5.74, 6) is 0. The van der Waals surface area contributed by atoms with Crippen molar-refractivity contribution in [3.63, 3.8) is 0 Å². The number of aliphatic hydroxyl groups excluding tert-OH is 6. The molecule has 0 aromatic heterocycles. The van der Waals surface area contributed by atoms with Gasteiger partial charge in [-0.2, -0.15) is 0 Å². The Labute approximate surface area is 121 Å². The lowest BCUT2D eigenvalue weighted by molar-refractivity contribution is -0.349. The van der Waals surface area contributed by atoms with Crippen LogP contribution in [0.5, 0.6) is 0 Å². The first-order valence-corrected chi connectivity index (χ1v) is 6.78. The van der Waals surface area contributed by atoms with Crippen LogP contribution in [-0.2, 0) is 14.2 Å². The van der Waals surface area contributed by atoms with E-state index in [4.69, 9.17) is 14.2 Å². The normalized spacial score (nSPS) is 55.4. The average molecular weight is 310 g/mol. The van der Waals surface area contributed by atoms with Crippen LogP contribution in [0.25, 0.3) is 0 Å². The molecule has 2 heterocycles. The van der Waals surface area contributed by atoms with Gasteiger partial charge in [-0.15, -0.1) is 0 Å². The highest BCUT2D eigenvalue weighted by Crippen LogP contribution is 2.28. The van der Waals surface area contributed by atoms with Gasteiger partial charge in [0.25, 0.3) is 0 Å². The first-order chi connectivity index (χ1) is 9.73. The molecule has 2 aliphatic heterocycles. The van der Waals surface area contributed by atoms with Gasteiger partial charge >= 0.3 is 0 Å². The summed E-state index contributed by atoms with van der Waals surface area (Å²) < 4.78 is 15.4. The molecule has 0 unspecified atom stereocenters. The smallest absolute Gasteiger partial charge is 0.187 e. The van der Waals surface area contributed by atoms with E-state index in [9.17, 15) is 30.6 Å². The predicted molar refractivity (Wildman–Crippen MR) is 65.8 cm³/mol. The Hall–Kier alpha value is -0.360. The van der Waals surface area contributed by atoms with Crippen LogP contribution < -0.4 is 0 Å². The van der Waals surface area contributed by atoms with Gasteiger partial charge in [-0.1, -0.05) is 0 Å². The van der Waals surface area contributed by atoms with Gasteiger partial charge in [0, 0.05) is 0 Å². The fraction of sp³-hybridized carbons (Fsp3) is 1.00. The lowest BCUT2D eigenvalue weighted by Crippen LogP contribution is -2.63. The molecule has 2 fully saturated rings. The first-order valence-electron chi connectivity index (χ1n) is 6.78. The second-order valence-corrected chi connectivity index (χ2v) is 5.50. The summed E-state index contributed by atoms with van der Waals surface area (Å²) in [6, 6.07) is 0. The molecule has 0 amide bonds. The second kappa shape index (κ2) is 6.41. The molecule has 2 rings (SSSR count). The van der Waals surface area contributed by atoms with Gasteiger partial charge in [0.2, 0.25) is 0 Å². The lowest BCUT2D eigenvalue weighted by atomic mass is 9.97. The Balaban J connectivity index is 2.08. The van der Waals surface area contributed by atoms with Crippen LogP contribution in [0.15, 0.2) is 0 Å². The molecule has 9 nitrogen and oxygen atoms in total. The summed E-state index contributed by atoms with van der Waals surface area (Å²) in [6.45, 7) is 2.96. The van der Waals surface area contributed by atoms with Crippen molar-refractivity contribution >= 4 is 0 Å². The minimum absolute atomic E-state index is 0.804. The highest BCUT2D eigenvalue weighted by Gasteiger charge is 2.48. The van der Waals surface area contributed by atoms with E-state index < -0.39 is 61.4 Å². The van der Waals surface area contributed by atoms with Crippen LogP contribution >= 0.6 is 0 Å². The average Bonchev–Trinajstić information content (AvgIpc) is 2.44. The molecule has 0 saturated carbocycles. The van der Waals surface area contributed by atoms with Gasteiger partial charge in [0.05, 0.1) is 12.2 Å². The van der Waals surface area contributed by atoms with Crippen LogP contribution in [0.1, 0.15) is 13.8 Å². The van der Waals surface area contributed by atoms with Crippen LogP contribution in [0, 0.1) is 0 Å². The molecule has 124 valence electrons. The molecule has 0 spiro atoms. The highest BCUT2D eigenvalue weighted by molar-refractivity contribution is 4.92. The Morgan fingerprint density at radius 3 is 1.86 bits per heavy atom. The minimum Gasteiger partial charge on any atom is -0.388 e. The Morgan fingerprint density at radius 1 is 0.667 bits per heavy atom. The standard InChI is InChI=1S/C12H22O9/c1-3-5(13)7(15)8(16)12(20-3)21-10-6(14)4(2)19-11(18)9(10)17/h3-18H,1-2H3/t3-,4+,5+,6+,7+,8-,9-,10-,11-,12+/m1/s1. The fourth-order valence-electron chi connectivity index (χ4n) is 2.45. The number of ether oxygens (including phenoxy) is 3. The van der Waals surface area contributed by atoms with E-state index in [2.05, 4.69) is 0 Å². The minimum atomic E-state index is -1.56. The molecule has 0 aliphatic carbocycles. The molecule has 9 heteroatoms. The van der Waals surface area contributed by atoms with Crippen LogP contribution in [-0.4, -0.2) is 92.1 Å². The maximum absolute atomic E-state index is 9.96. The molecule has 0 aromatic carbocycles. The largest absolute Gasteiger partial charge is 0.388 e. The van der Waals surface area contributed by atoms with Gasteiger partial charge in [0.15, 0.2) is 12.6 Å². The molecule has 0 bridgehead atoms. The summed E-state index contributed by atoms with van der Waals surface area (Å²) >= 11 is 0. The third-order valence-electron chi connectivity index (χ3n) is 3.90. The summed E-state index contributed by atoms with van der Waals surface area (Å²) in [6.07, 6.45) is -13.0. The van der Waals surface area contributed by atoms with Crippen molar-refractivity contribution in [2.24, 2.45) is 0 Å². The van der Waals surface area contributed by atoms with E-state index in [0.29, 0.717) is 0 Å². The third kappa shape index (κ3) is 3.21. The van der Waals surface area contributed by atoms with Crippen molar-refractivity contribution in [3.05, 3.63) is 0 Å². The van der Waals surface area contributed by atoms with Crippen LogP contribution in [0.3, 0.4) is 0 Å². The topological polar surface area (TPSA) is 149 Å². The van der Waals surface area contributed by atoms with E-state index in [-0.39, 0.29) is 0 Å². The van der Waals surface area contributed by atoms with Crippen molar-refractivity contribution in [3.8, 4) is 0 Å². The summed E-state index contributed by atoms with van der Waals surface area (Å²) in [7, 11) is 0. The molecular weight excluding hydrogens is 288 g/mol. The third-order valence-corrected chi connectivity index (χ3v) is 3.90. The molecule has 21 heavy (non-hydrogen) atoms. The van der Waals surface area contributed by atoms with E-state index in [1.165, 1.54) is 13.8 Å². The van der Waals surface area contributed by atoms with Gasteiger partial charge < -0.3 is 44.8 Å². The van der Waals surface area contributed by atoms with Crippen molar-refractivity contribution in [1.29, 1.82) is 0 Å². The van der Waals surface area contributed by atoms with Gasteiger partial charge in [-0.25, -0.2) is 0 Å². The zero-order chi connectivity index (χ0) is 15.9. The lowest BCUT2D eigenvalue weighted by Gasteiger charge is -2.44. The Bertz CT molecular complexity index is 340. The zero-order valence-corrected chi connectivity index (χ0v) is 11.7. The van der Waals surface area contributed by atoms with Gasteiger partial charge in [-0.05, 0) is 13.8 Å². The van der Waals surface area contributed by atoms with E-state index in [1.54, 1.807) is 0 Å². The maximum atomic E-state index is 9.96.